The molecule has 2 aromatic heterocycles. The van der Waals surface area contributed by atoms with Crippen LogP contribution in [0.1, 0.15) is 35.2 Å². The minimum absolute atomic E-state index is 0.150. The third kappa shape index (κ3) is 3.60. The average molecular weight is 394 g/mol. The number of thiophene rings is 1. The molecule has 1 aliphatic rings. The molecule has 0 saturated carbocycles. The first-order valence-electron chi connectivity index (χ1n) is 8.18. The number of halogens is 2. The average Bonchev–Trinajstić information content (AvgIpc) is 3.30. The van der Waals surface area contributed by atoms with Crippen molar-refractivity contribution in [1.82, 2.24) is 15.1 Å². The molecule has 0 bridgehead atoms. The van der Waals surface area contributed by atoms with Gasteiger partial charge < -0.3 is 4.42 Å². The van der Waals surface area contributed by atoms with Gasteiger partial charge in [-0.1, -0.05) is 29.3 Å². The first-order chi connectivity index (χ1) is 12.1. The van der Waals surface area contributed by atoms with Crippen LogP contribution in [-0.4, -0.2) is 21.6 Å². The standard InChI is InChI=1S/C18H17Cl2N3OS/c1-11-4-7-16(25-11)18-22-21-17(24-18)15-3-2-8-23(15)10-12-5-6-13(19)14(20)9-12/h4-7,9,15H,2-3,8,10H2,1H3/t15-/m1/s1. The molecule has 7 heteroatoms. The summed E-state index contributed by atoms with van der Waals surface area (Å²) in [4.78, 5) is 4.61. The fourth-order valence-electron chi connectivity index (χ4n) is 3.19. The van der Waals surface area contributed by atoms with Crippen LogP contribution in [0.5, 0.6) is 0 Å². The zero-order valence-corrected chi connectivity index (χ0v) is 16.0. The first-order valence-corrected chi connectivity index (χ1v) is 9.75. The number of aryl methyl sites for hydroxylation is 1. The van der Waals surface area contributed by atoms with Crippen molar-refractivity contribution >= 4 is 34.5 Å². The van der Waals surface area contributed by atoms with Crippen LogP contribution >= 0.6 is 34.5 Å². The van der Waals surface area contributed by atoms with E-state index in [4.69, 9.17) is 27.6 Å². The molecule has 1 saturated heterocycles. The van der Waals surface area contributed by atoms with Gasteiger partial charge in [-0.05, 0) is 56.1 Å². The zero-order chi connectivity index (χ0) is 17.4. The number of aromatic nitrogens is 2. The summed E-state index contributed by atoms with van der Waals surface area (Å²) < 4.78 is 5.98. The summed E-state index contributed by atoms with van der Waals surface area (Å²) in [7, 11) is 0. The molecule has 0 aliphatic carbocycles. The SMILES string of the molecule is Cc1ccc(-c2nnc([C@H]3CCCN3Cc3ccc(Cl)c(Cl)c3)o2)s1. The lowest BCUT2D eigenvalue weighted by Gasteiger charge is -2.21. The largest absolute Gasteiger partial charge is 0.418 e. The van der Waals surface area contributed by atoms with Crippen LogP contribution in [-0.2, 0) is 6.54 Å². The van der Waals surface area contributed by atoms with Gasteiger partial charge in [0.05, 0.1) is 21.0 Å². The van der Waals surface area contributed by atoms with Gasteiger partial charge in [0.15, 0.2) is 0 Å². The van der Waals surface area contributed by atoms with Gasteiger partial charge in [0.2, 0.25) is 5.89 Å². The Kier molecular flexibility index (Phi) is 4.82. The zero-order valence-electron chi connectivity index (χ0n) is 13.7. The molecule has 25 heavy (non-hydrogen) atoms. The maximum absolute atomic E-state index is 6.14. The highest BCUT2D eigenvalue weighted by Gasteiger charge is 2.30. The van der Waals surface area contributed by atoms with E-state index < -0.39 is 0 Å². The molecule has 0 N–H and O–H groups in total. The Morgan fingerprint density at radius 2 is 2.08 bits per heavy atom. The van der Waals surface area contributed by atoms with Crippen LogP contribution in [0.4, 0.5) is 0 Å². The lowest BCUT2D eigenvalue weighted by Crippen LogP contribution is -2.23. The number of likely N-dealkylation sites (tertiary alicyclic amines) is 1. The van der Waals surface area contributed by atoms with Crippen LogP contribution in [0.25, 0.3) is 10.8 Å². The molecule has 0 unspecified atom stereocenters. The molecule has 3 heterocycles. The van der Waals surface area contributed by atoms with Crippen molar-refractivity contribution in [2.75, 3.05) is 6.54 Å². The third-order valence-corrected chi connectivity index (χ3v) is 6.14. The Hall–Kier alpha value is -1.40. The summed E-state index contributed by atoms with van der Waals surface area (Å²) in [6, 6.07) is 10.0. The fraction of sp³-hybridized carbons (Fsp3) is 0.333. The van der Waals surface area contributed by atoms with E-state index >= 15 is 0 Å². The summed E-state index contributed by atoms with van der Waals surface area (Å²) in [6.45, 7) is 3.86. The van der Waals surface area contributed by atoms with Crippen molar-refractivity contribution in [2.45, 2.75) is 32.4 Å². The Balaban J connectivity index is 1.53. The van der Waals surface area contributed by atoms with Gasteiger partial charge in [-0.2, -0.15) is 0 Å². The maximum atomic E-state index is 6.14. The minimum atomic E-state index is 0.150. The number of hydrogen-bond acceptors (Lipinski definition) is 5. The molecule has 0 amide bonds. The highest BCUT2D eigenvalue weighted by Crippen LogP contribution is 2.35. The first kappa shape index (κ1) is 17.0. The van der Waals surface area contributed by atoms with Gasteiger partial charge in [-0.3, -0.25) is 4.90 Å². The second kappa shape index (κ2) is 7.08. The second-order valence-corrected chi connectivity index (χ2v) is 8.34. The lowest BCUT2D eigenvalue weighted by molar-refractivity contribution is 0.215. The van der Waals surface area contributed by atoms with Gasteiger partial charge >= 0.3 is 0 Å². The Labute approximate surface area is 160 Å². The molecule has 4 rings (SSSR count). The Morgan fingerprint density at radius 3 is 2.84 bits per heavy atom. The number of nitrogens with zero attached hydrogens (tertiary/aromatic N) is 3. The van der Waals surface area contributed by atoms with E-state index in [0.717, 1.165) is 36.4 Å². The monoisotopic (exact) mass is 393 g/mol. The van der Waals surface area contributed by atoms with E-state index in [1.54, 1.807) is 11.3 Å². The predicted octanol–water partition coefficient (Wildman–Crippen LogP) is 5.75. The summed E-state index contributed by atoms with van der Waals surface area (Å²) >= 11 is 13.8. The van der Waals surface area contributed by atoms with Gasteiger partial charge in [0, 0.05) is 11.4 Å². The van der Waals surface area contributed by atoms with E-state index in [1.165, 1.54) is 4.88 Å². The summed E-state index contributed by atoms with van der Waals surface area (Å²) in [6.07, 6.45) is 2.13. The smallest absolute Gasteiger partial charge is 0.257 e. The van der Waals surface area contributed by atoms with Gasteiger partial charge in [-0.25, -0.2) is 0 Å². The number of benzene rings is 1. The van der Waals surface area contributed by atoms with E-state index in [0.29, 0.717) is 21.8 Å². The molecule has 1 fully saturated rings. The fourth-order valence-corrected chi connectivity index (χ4v) is 4.30. The molecule has 0 radical (unpaired) electrons. The number of rotatable bonds is 4. The van der Waals surface area contributed by atoms with Crippen molar-refractivity contribution in [3.8, 4) is 10.8 Å². The summed E-state index contributed by atoms with van der Waals surface area (Å²) in [5.41, 5.74) is 1.13. The Bertz CT molecular complexity index is 892. The van der Waals surface area contributed by atoms with Crippen molar-refractivity contribution in [3.05, 3.63) is 56.7 Å². The molecular weight excluding hydrogens is 377 g/mol. The van der Waals surface area contributed by atoms with E-state index in [1.807, 2.05) is 24.3 Å². The van der Waals surface area contributed by atoms with Crippen molar-refractivity contribution in [3.63, 3.8) is 0 Å². The van der Waals surface area contributed by atoms with Crippen LogP contribution < -0.4 is 0 Å². The van der Waals surface area contributed by atoms with Crippen molar-refractivity contribution < 1.29 is 4.42 Å². The van der Waals surface area contributed by atoms with Gasteiger partial charge in [0.25, 0.3) is 5.89 Å². The third-order valence-electron chi connectivity index (χ3n) is 4.41. The van der Waals surface area contributed by atoms with Crippen LogP contribution in [0, 0.1) is 6.92 Å². The van der Waals surface area contributed by atoms with Gasteiger partial charge in [-0.15, -0.1) is 21.5 Å². The van der Waals surface area contributed by atoms with E-state index in [9.17, 15) is 0 Å². The normalized spacial score (nSPS) is 18.1. The molecule has 1 aliphatic heterocycles. The highest BCUT2D eigenvalue weighted by molar-refractivity contribution is 7.15. The molecule has 1 atom stereocenters. The summed E-state index contributed by atoms with van der Waals surface area (Å²) in [5, 5.41) is 9.71. The van der Waals surface area contributed by atoms with E-state index in [-0.39, 0.29) is 6.04 Å². The molecule has 3 aromatic rings. The van der Waals surface area contributed by atoms with Crippen LogP contribution in [0.3, 0.4) is 0 Å². The van der Waals surface area contributed by atoms with Crippen LogP contribution in [0.15, 0.2) is 34.7 Å². The number of hydrogen-bond donors (Lipinski definition) is 0. The molecular formula is C18H17Cl2N3OS. The lowest BCUT2D eigenvalue weighted by atomic mass is 10.2. The quantitative estimate of drug-likeness (QED) is 0.565. The van der Waals surface area contributed by atoms with Crippen molar-refractivity contribution in [1.29, 1.82) is 0 Å². The second-order valence-electron chi connectivity index (χ2n) is 6.23. The molecule has 130 valence electrons. The molecule has 4 nitrogen and oxygen atoms in total. The maximum Gasteiger partial charge on any atom is 0.257 e. The van der Waals surface area contributed by atoms with Gasteiger partial charge in [0.1, 0.15) is 0 Å². The highest BCUT2D eigenvalue weighted by atomic mass is 35.5. The van der Waals surface area contributed by atoms with Crippen LogP contribution in [0.2, 0.25) is 10.0 Å². The Morgan fingerprint density at radius 1 is 1.20 bits per heavy atom. The minimum Gasteiger partial charge on any atom is -0.418 e. The topological polar surface area (TPSA) is 42.2 Å². The molecule has 1 aromatic carbocycles. The predicted molar refractivity (Wildman–Crippen MR) is 101 cm³/mol. The van der Waals surface area contributed by atoms with E-state index in [2.05, 4.69) is 28.1 Å². The van der Waals surface area contributed by atoms with Crippen molar-refractivity contribution in [2.24, 2.45) is 0 Å². The molecule has 0 spiro atoms. The summed E-state index contributed by atoms with van der Waals surface area (Å²) in [5.74, 6) is 1.30.